The van der Waals surface area contributed by atoms with Gasteiger partial charge in [-0.15, -0.1) is 0 Å². The lowest BCUT2D eigenvalue weighted by atomic mass is 9.95. The number of hydrogen-bond acceptors (Lipinski definition) is 3. The molecule has 0 radical (unpaired) electrons. The Morgan fingerprint density at radius 3 is 2.80 bits per heavy atom. The monoisotopic (exact) mass is 297 g/mol. The van der Waals surface area contributed by atoms with Crippen LogP contribution in [0.5, 0.6) is 5.75 Å². The predicted octanol–water partition coefficient (Wildman–Crippen LogP) is 3.69. The van der Waals surface area contributed by atoms with Gasteiger partial charge in [-0.05, 0) is 50.4 Å². The van der Waals surface area contributed by atoms with Crippen molar-refractivity contribution in [3.8, 4) is 5.75 Å². The highest BCUT2D eigenvalue weighted by molar-refractivity contribution is 6.32. The van der Waals surface area contributed by atoms with Crippen molar-refractivity contribution in [3.63, 3.8) is 0 Å². The Labute approximate surface area is 126 Å². The van der Waals surface area contributed by atoms with Crippen molar-refractivity contribution in [2.75, 3.05) is 6.54 Å². The minimum atomic E-state index is -0.375. The van der Waals surface area contributed by atoms with Gasteiger partial charge in [0.2, 0.25) is 0 Å². The highest BCUT2D eigenvalue weighted by Gasteiger charge is 2.25. The van der Waals surface area contributed by atoms with Gasteiger partial charge >= 0.3 is 0 Å². The third kappa shape index (κ3) is 3.87. The van der Waals surface area contributed by atoms with Crippen molar-refractivity contribution in [1.29, 1.82) is 0 Å². The van der Waals surface area contributed by atoms with E-state index in [1.165, 1.54) is 0 Å². The second-order valence-electron chi connectivity index (χ2n) is 5.48. The summed E-state index contributed by atoms with van der Waals surface area (Å²) in [5.74, 6) is 0.671. The van der Waals surface area contributed by atoms with Crippen LogP contribution < -0.4 is 10.1 Å². The summed E-state index contributed by atoms with van der Waals surface area (Å²) in [6.45, 7) is 5.12. The minimum Gasteiger partial charge on any atom is -0.486 e. The number of aliphatic hydroxyl groups is 1. The lowest BCUT2D eigenvalue weighted by Crippen LogP contribution is -2.34. The van der Waals surface area contributed by atoms with Crippen LogP contribution in [0.2, 0.25) is 5.02 Å². The second kappa shape index (κ2) is 7.30. The summed E-state index contributed by atoms with van der Waals surface area (Å²) in [6.07, 6.45) is 3.40. The molecule has 1 fully saturated rings. The molecule has 3 unspecified atom stereocenters. The van der Waals surface area contributed by atoms with Crippen LogP contribution in [0.4, 0.5) is 0 Å². The number of halogens is 1. The summed E-state index contributed by atoms with van der Waals surface area (Å²) in [7, 11) is 0. The Morgan fingerprint density at radius 1 is 1.40 bits per heavy atom. The summed E-state index contributed by atoms with van der Waals surface area (Å²) in [6, 6.07) is 6.16. The standard InChI is InChI=1S/C16H24ClNO2/c1-3-18-11(2)12-8-9-15(13(17)10-12)20-16-7-5-4-6-14(16)19/h8-11,14,16,18-19H,3-7H2,1-2H3. The molecule has 4 heteroatoms. The van der Waals surface area contributed by atoms with E-state index in [-0.39, 0.29) is 18.2 Å². The normalized spacial score (nSPS) is 24.4. The van der Waals surface area contributed by atoms with E-state index in [9.17, 15) is 5.11 Å². The topological polar surface area (TPSA) is 41.5 Å². The first-order chi connectivity index (χ1) is 9.61. The molecule has 2 rings (SSSR count). The number of hydrogen-bond donors (Lipinski definition) is 2. The molecule has 112 valence electrons. The molecule has 1 aromatic carbocycles. The molecule has 1 aromatic rings. The van der Waals surface area contributed by atoms with Crippen LogP contribution in [-0.2, 0) is 0 Å². The Morgan fingerprint density at radius 2 is 2.15 bits per heavy atom. The van der Waals surface area contributed by atoms with Crippen molar-refractivity contribution in [2.45, 2.75) is 57.8 Å². The molecule has 1 aliphatic carbocycles. The van der Waals surface area contributed by atoms with Crippen molar-refractivity contribution in [2.24, 2.45) is 0 Å². The average Bonchev–Trinajstić information content (AvgIpc) is 2.43. The number of rotatable bonds is 5. The number of benzene rings is 1. The Hall–Kier alpha value is -0.770. The van der Waals surface area contributed by atoms with Gasteiger partial charge in [-0.1, -0.05) is 31.0 Å². The zero-order chi connectivity index (χ0) is 14.5. The first-order valence-corrected chi connectivity index (χ1v) is 7.87. The maximum absolute atomic E-state index is 9.96. The maximum atomic E-state index is 9.96. The van der Waals surface area contributed by atoms with Gasteiger partial charge in [0.05, 0.1) is 11.1 Å². The fraction of sp³-hybridized carbons (Fsp3) is 0.625. The molecule has 0 aromatic heterocycles. The Kier molecular flexibility index (Phi) is 5.70. The van der Waals surface area contributed by atoms with Gasteiger partial charge in [-0.25, -0.2) is 0 Å². The van der Waals surface area contributed by atoms with E-state index in [1.54, 1.807) is 0 Å². The van der Waals surface area contributed by atoms with Crippen LogP contribution in [0.15, 0.2) is 18.2 Å². The summed E-state index contributed by atoms with van der Waals surface area (Å²) < 4.78 is 5.89. The molecule has 1 aliphatic rings. The maximum Gasteiger partial charge on any atom is 0.138 e. The SMILES string of the molecule is CCNC(C)c1ccc(OC2CCCCC2O)c(Cl)c1. The van der Waals surface area contributed by atoms with Crippen molar-refractivity contribution in [1.82, 2.24) is 5.32 Å². The van der Waals surface area contributed by atoms with E-state index < -0.39 is 0 Å². The number of ether oxygens (including phenoxy) is 1. The van der Waals surface area contributed by atoms with Crippen molar-refractivity contribution in [3.05, 3.63) is 28.8 Å². The summed E-state index contributed by atoms with van der Waals surface area (Å²) in [4.78, 5) is 0. The first-order valence-electron chi connectivity index (χ1n) is 7.49. The van der Waals surface area contributed by atoms with Gasteiger partial charge in [-0.2, -0.15) is 0 Å². The first kappa shape index (κ1) is 15.6. The third-order valence-corrected chi connectivity index (χ3v) is 4.21. The zero-order valence-electron chi connectivity index (χ0n) is 12.2. The molecule has 2 N–H and O–H groups in total. The van der Waals surface area contributed by atoms with Crippen LogP contribution in [0.3, 0.4) is 0 Å². The predicted molar refractivity (Wildman–Crippen MR) is 82.4 cm³/mol. The average molecular weight is 298 g/mol. The number of nitrogens with one attached hydrogen (secondary N) is 1. The molecule has 0 bridgehead atoms. The molecule has 0 spiro atoms. The molecule has 3 nitrogen and oxygen atoms in total. The molecule has 0 saturated heterocycles. The van der Waals surface area contributed by atoms with E-state index in [2.05, 4.69) is 19.2 Å². The van der Waals surface area contributed by atoms with E-state index >= 15 is 0 Å². The number of aliphatic hydroxyl groups excluding tert-OH is 1. The molecule has 0 heterocycles. The van der Waals surface area contributed by atoms with Gasteiger partial charge < -0.3 is 15.2 Å². The summed E-state index contributed by atoms with van der Waals surface area (Å²) >= 11 is 6.31. The molecule has 0 aliphatic heterocycles. The van der Waals surface area contributed by atoms with Gasteiger partial charge in [0.15, 0.2) is 0 Å². The van der Waals surface area contributed by atoms with Crippen molar-refractivity contribution >= 4 is 11.6 Å². The largest absolute Gasteiger partial charge is 0.486 e. The Bertz CT molecular complexity index is 438. The Balaban J connectivity index is 2.05. The molecular weight excluding hydrogens is 274 g/mol. The minimum absolute atomic E-state index is 0.127. The fourth-order valence-electron chi connectivity index (χ4n) is 2.68. The van der Waals surface area contributed by atoms with Gasteiger partial charge in [0, 0.05) is 6.04 Å². The summed E-state index contributed by atoms with van der Waals surface area (Å²) in [5, 5.41) is 13.9. The smallest absolute Gasteiger partial charge is 0.138 e. The van der Waals surface area contributed by atoms with E-state index in [4.69, 9.17) is 16.3 Å². The quantitative estimate of drug-likeness (QED) is 0.871. The van der Waals surface area contributed by atoms with Crippen molar-refractivity contribution < 1.29 is 9.84 Å². The summed E-state index contributed by atoms with van der Waals surface area (Å²) in [5.41, 5.74) is 1.15. The van der Waals surface area contributed by atoms with Crippen LogP contribution in [-0.4, -0.2) is 23.9 Å². The van der Waals surface area contributed by atoms with E-state index in [1.807, 2.05) is 18.2 Å². The lowest BCUT2D eigenvalue weighted by Gasteiger charge is -2.28. The van der Waals surface area contributed by atoms with E-state index in [0.29, 0.717) is 10.8 Å². The van der Waals surface area contributed by atoms with Gasteiger partial charge in [0.25, 0.3) is 0 Å². The van der Waals surface area contributed by atoms with E-state index in [0.717, 1.165) is 37.8 Å². The lowest BCUT2D eigenvalue weighted by molar-refractivity contribution is 0.00692. The highest BCUT2D eigenvalue weighted by atomic mass is 35.5. The van der Waals surface area contributed by atoms with Gasteiger partial charge in [0.1, 0.15) is 11.9 Å². The van der Waals surface area contributed by atoms with Crippen LogP contribution in [0, 0.1) is 0 Å². The molecule has 0 amide bonds. The molecule has 1 saturated carbocycles. The highest BCUT2D eigenvalue weighted by Crippen LogP contribution is 2.31. The second-order valence-corrected chi connectivity index (χ2v) is 5.88. The van der Waals surface area contributed by atoms with Crippen LogP contribution in [0.1, 0.15) is 51.1 Å². The molecular formula is C16H24ClNO2. The third-order valence-electron chi connectivity index (χ3n) is 3.91. The zero-order valence-corrected chi connectivity index (χ0v) is 13.0. The molecule has 20 heavy (non-hydrogen) atoms. The van der Waals surface area contributed by atoms with Crippen LogP contribution in [0.25, 0.3) is 0 Å². The molecule has 3 atom stereocenters. The van der Waals surface area contributed by atoms with Crippen LogP contribution >= 0.6 is 11.6 Å². The van der Waals surface area contributed by atoms with Gasteiger partial charge in [-0.3, -0.25) is 0 Å². The fourth-order valence-corrected chi connectivity index (χ4v) is 2.92.